The summed E-state index contributed by atoms with van der Waals surface area (Å²) in [6.07, 6.45) is 10.2. The predicted octanol–water partition coefficient (Wildman–Crippen LogP) is 2.86. The lowest BCUT2D eigenvalue weighted by molar-refractivity contribution is 0.171. The second-order valence-electron chi connectivity index (χ2n) is 5.40. The first-order valence-corrected chi connectivity index (χ1v) is 7.72. The Labute approximate surface area is 132 Å². The third-order valence-corrected chi connectivity index (χ3v) is 3.97. The summed E-state index contributed by atoms with van der Waals surface area (Å²) in [6.45, 7) is 5.17. The number of thiocarbonyl (C=S) groups is 1. The number of benzene rings is 1. The molecule has 0 saturated heterocycles. The molecule has 1 aliphatic rings. The van der Waals surface area contributed by atoms with E-state index in [1.165, 1.54) is 11.1 Å². The van der Waals surface area contributed by atoms with Crippen LogP contribution in [0.25, 0.3) is 0 Å². The minimum absolute atomic E-state index is 0.315. The Morgan fingerprint density at radius 1 is 1.38 bits per heavy atom. The van der Waals surface area contributed by atoms with E-state index in [4.69, 9.17) is 18.0 Å². The number of nitrogens with zero attached hydrogens (tertiary/aromatic N) is 1. The maximum absolute atomic E-state index is 5.71. The highest BCUT2D eigenvalue weighted by molar-refractivity contribution is 7.80. The minimum Gasteiger partial charge on any atom is -0.376 e. The number of aryl methyl sites for hydroxylation is 1. The fraction of sp³-hybridized carbons (Fsp3) is 0.353. The summed E-state index contributed by atoms with van der Waals surface area (Å²) >= 11 is 5.04. The number of hydrogen-bond acceptors (Lipinski definition) is 2. The molecule has 21 heavy (non-hydrogen) atoms. The lowest BCUT2D eigenvalue weighted by atomic mass is 10.0. The van der Waals surface area contributed by atoms with Gasteiger partial charge in [0.15, 0.2) is 5.11 Å². The summed E-state index contributed by atoms with van der Waals surface area (Å²) in [5.41, 5.74) is 8.04. The van der Waals surface area contributed by atoms with E-state index >= 15 is 0 Å². The largest absolute Gasteiger partial charge is 0.376 e. The standard InChI is InChI=1S/C17H23N3S/c1-3-17(19-16(18)21)10-4-5-11-20(17)12-9-15-8-6-7-14(2)13-15/h4-8,10-11,13H,3,9,12H2,1-2H3,(H3,18,19,21). The summed E-state index contributed by atoms with van der Waals surface area (Å²) in [6, 6.07) is 8.64. The molecule has 0 fully saturated rings. The molecule has 1 unspecified atom stereocenters. The van der Waals surface area contributed by atoms with E-state index < -0.39 is 0 Å². The van der Waals surface area contributed by atoms with Gasteiger partial charge in [0.2, 0.25) is 0 Å². The van der Waals surface area contributed by atoms with E-state index in [1.54, 1.807) is 0 Å². The Morgan fingerprint density at radius 3 is 2.86 bits per heavy atom. The summed E-state index contributed by atoms with van der Waals surface area (Å²) in [5, 5.41) is 3.57. The smallest absolute Gasteiger partial charge is 0.165 e. The van der Waals surface area contributed by atoms with Crippen LogP contribution in [-0.4, -0.2) is 22.2 Å². The molecule has 1 aromatic rings. The van der Waals surface area contributed by atoms with Gasteiger partial charge in [-0.1, -0.05) is 42.8 Å². The lowest BCUT2D eigenvalue weighted by Gasteiger charge is -2.43. The van der Waals surface area contributed by atoms with Gasteiger partial charge in [-0.3, -0.25) is 0 Å². The fourth-order valence-electron chi connectivity index (χ4n) is 2.72. The fourth-order valence-corrected chi connectivity index (χ4v) is 2.90. The maximum Gasteiger partial charge on any atom is 0.165 e. The van der Waals surface area contributed by atoms with Crippen molar-refractivity contribution < 1.29 is 0 Å². The van der Waals surface area contributed by atoms with E-state index in [1.807, 2.05) is 12.2 Å². The predicted molar refractivity (Wildman–Crippen MR) is 92.8 cm³/mol. The third-order valence-electron chi connectivity index (χ3n) is 3.86. The van der Waals surface area contributed by atoms with Crippen LogP contribution in [0.3, 0.4) is 0 Å². The second kappa shape index (κ2) is 6.76. The Bertz CT molecular complexity index is 565. The van der Waals surface area contributed by atoms with Gasteiger partial charge in [0.1, 0.15) is 5.66 Å². The van der Waals surface area contributed by atoms with Gasteiger partial charge in [-0.2, -0.15) is 0 Å². The highest BCUT2D eigenvalue weighted by Crippen LogP contribution is 2.23. The van der Waals surface area contributed by atoms with Crippen molar-refractivity contribution in [2.45, 2.75) is 32.4 Å². The summed E-state index contributed by atoms with van der Waals surface area (Å²) < 4.78 is 0. The van der Waals surface area contributed by atoms with Gasteiger partial charge < -0.3 is 16.0 Å². The van der Waals surface area contributed by atoms with Crippen molar-refractivity contribution in [1.29, 1.82) is 0 Å². The van der Waals surface area contributed by atoms with Crippen molar-refractivity contribution >= 4 is 17.3 Å². The molecule has 1 heterocycles. The van der Waals surface area contributed by atoms with Crippen LogP contribution in [0, 0.1) is 6.92 Å². The minimum atomic E-state index is -0.315. The van der Waals surface area contributed by atoms with Crippen LogP contribution in [-0.2, 0) is 6.42 Å². The molecule has 0 bridgehead atoms. The summed E-state index contributed by atoms with van der Waals surface area (Å²) in [4.78, 5) is 2.27. The quantitative estimate of drug-likeness (QED) is 0.821. The van der Waals surface area contributed by atoms with Crippen LogP contribution in [0.2, 0.25) is 0 Å². The topological polar surface area (TPSA) is 41.3 Å². The first-order chi connectivity index (χ1) is 10.1. The average molecular weight is 301 g/mol. The molecule has 3 N–H and O–H groups in total. The van der Waals surface area contributed by atoms with Gasteiger partial charge >= 0.3 is 0 Å². The molecule has 4 heteroatoms. The molecule has 0 amide bonds. The van der Waals surface area contributed by atoms with Gasteiger partial charge in [-0.25, -0.2) is 0 Å². The van der Waals surface area contributed by atoms with Crippen molar-refractivity contribution in [3.05, 3.63) is 59.8 Å². The molecule has 1 aliphatic heterocycles. The molecule has 0 spiro atoms. The molecule has 0 aromatic heterocycles. The lowest BCUT2D eigenvalue weighted by Crippen LogP contribution is -2.59. The van der Waals surface area contributed by atoms with Crippen LogP contribution in [0.4, 0.5) is 0 Å². The van der Waals surface area contributed by atoms with Gasteiger partial charge in [-0.05, 0) is 49.7 Å². The van der Waals surface area contributed by atoms with E-state index in [0.29, 0.717) is 5.11 Å². The van der Waals surface area contributed by atoms with Crippen molar-refractivity contribution in [3.63, 3.8) is 0 Å². The summed E-state index contributed by atoms with van der Waals surface area (Å²) in [7, 11) is 0. The Hall–Kier alpha value is -1.81. The van der Waals surface area contributed by atoms with Crippen LogP contribution in [0.5, 0.6) is 0 Å². The van der Waals surface area contributed by atoms with Gasteiger partial charge in [0.25, 0.3) is 0 Å². The first-order valence-electron chi connectivity index (χ1n) is 7.32. The molecule has 1 atom stereocenters. The number of nitrogens with one attached hydrogen (secondary N) is 1. The molecule has 0 aliphatic carbocycles. The first kappa shape index (κ1) is 15.6. The van der Waals surface area contributed by atoms with E-state index in [9.17, 15) is 0 Å². The molecule has 112 valence electrons. The zero-order valence-electron chi connectivity index (χ0n) is 12.7. The molecule has 0 radical (unpaired) electrons. The zero-order chi connectivity index (χ0) is 15.3. The van der Waals surface area contributed by atoms with Crippen LogP contribution < -0.4 is 11.1 Å². The molecule has 3 nitrogen and oxygen atoms in total. The maximum atomic E-state index is 5.71. The third kappa shape index (κ3) is 3.85. The Kier molecular flexibility index (Phi) is 5.02. The molecule has 1 aromatic carbocycles. The highest BCUT2D eigenvalue weighted by Gasteiger charge is 2.31. The number of allylic oxidation sites excluding steroid dienone is 2. The van der Waals surface area contributed by atoms with Gasteiger partial charge in [0, 0.05) is 12.7 Å². The van der Waals surface area contributed by atoms with Crippen molar-refractivity contribution in [2.24, 2.45) is 5.73 Å². The van der Waals surface area contributed by atoms with E-state index in [-0.39, 0.29) is 5.66 Å². The van der Waals surface area contributed by atoms with Crippen LogP contribution in [0.1, 0.15) is 24.5 Å². The van der Waals surface area contributed by atoms with Gasteiger partial charge in [-0.15, -0.1) is 0 Å². The normalized spacial score (nSPS) is 20.6. The Balaban J connectivity index is 2.10. The number of rotatable bonds is 5. The molecule has 0 saturated carbocycles. The molecular formula is C17H23N3S. The van der Waals surface area contributed by atoms with E-state index in [0.717, 1.165) is 19.4 Å². The van der Waals surface area contributed by atoms with E-state index in [2.05, 4.69) is 60.6 Å². The van der Waals surface area contributed by atoms with Crippen LogP contribution >= 0.6 is 12.2 Å². The van der Waals surface area contributed by atoms with Crippen molar-refractivity contribution in [1.82, 2.24) is 10.2 Å². The molecular weight excluding hydrogens is 278 g/mol. The average Bonchev–Trinajstić information content (AvgIpc) is 2.46. The Morgan fingerprint density at radius 2 is 2.19 bits per heavy atom. The van der Waals surface area contributed by atoms with Gasteiger partial charge in [0.05, 0.1) is 0 Å². The molecule has 2 rings (SSSR count). The monoisotopic (exact) mass is 301 g/mol. The zero-order valence-corrected chi connectivity index (χ0v) is 13.5. The van der Waals surface area contributed by atoms with Crippen molar-refractivity contribution in [2.75, 3.05) is 6.54 Å². The van der Waals surface area contributed by atoms with Crippen molar-refractivity contribution in [3.8, 4) is 0 Å². The van der Waals surface area contributed by atoms with Crippen LogP contribution in [0.15, 0.2) is 48.7 Å². The SMILES string of the molecule is CCC1(NC(N)=S)C=CC=CN1CCc1cccc(C)c1. The number of hydrogen-bond donors (Lipinski definition) is 2. The summed E-state index contributed by atoms with van der Waals surface area (Å²) in [5.74, 6) is 0. The number of nitrogens with two attached hydrogens (primary N) is 1. The highest BCUT2D eigenvalue weighted by atomic mass is 32.1. The second-order valence-corrected chi connectivity index (χ2v) is 5.84.